The number of aromatic nitrogens is 1. The molecule has 3 rings (SSSR count). The summed E-state index contributed by atoms with van der Waals surface area (Å²) < 4.78 is 0. The van der Waals surface area contributed by atoms with Gasteiger partial charge in [-0.2, -0.15) is 0 Å². The lowest BCUT2D eigenvalue weighted by Crippen LogP contribution is -1.93. The maximum absolute atomic E-state index is 5.74. The van der Waals surface area contributed by atoms with Gasteiger partial charge in [-0.1, -0.05) is 24.0 Å². The third kappa shape index (κ3) is 2.08. The summed E-state index contributed by atoms with van der Waals surface area (Å²) in [6.07, 6.45) is 4.00. The highest BCUT2D eigenvalue weighted by molar-refractivity contribution is 5.48. The first-order valence-corrected chi connectivity index (χ1v) is 6.14. The van der Waals surface area contributed by atoms with Crippen molar-refractivity contribution < 1.29 is 0 Å². The molecule has 2 aromatic rings. The van der Waals surface area contributed by atoms with E-state index < -0.39 is 0 Å². The van der Waals surface area contributed by atoms with Crippen LogP contribution < -0.4 is 5.73 Å². The zero-order valence-electron chi connectivity index (χ0n) is 10.1. The first-order valence-electron chi connectivity index (χ1n) is 6.14. The highest BCUT2D eigenvalue weighted by Crippen LogP contribution is 2.30. The number of nitrogen functional groups attached to an aromatic ring is 1. The standard InChI is InChI=1S/C16H14N2/c17-15-5-1-3-12(11-15)6-7-14-9-8-13-4-2-10-18-16(13)14/h1-5,10-11,14H,8-9,17H2. The van der Waals surface area contributed by atoms with Gasteiger partial charge in [0.1, 0.15) is 0 Å². The first-order chi connectivity index (χ1) is 8.83. The monoisotopic (exact) mass is 234 g/mol. The number of benzene rings is 1. The lowest BCUT2D eigenvalue weighted by molar-refractivity contribution is 0.820. The molecule has 1 aromatic heterocycles. The average Bonchev–Trinajstić information content (AvgIpc) is 2.80. The predicted molar refractivity (Wildman–Crippen MR) is 73.0 cm³/mol. The predicted octanol–water partition coefficient (Wildman–Crippen LogP) is 2.75. The molecule has 2 N–H and O–H groups in total. The second kappa shape index (κ2) is 4.54. The number of hydrogen-bond acceptors (Lipinski definition) is 2. The van der Waals surface area contributed by atoms with E-state index >= 15 is 0 Å². The lowest BCUT2D eigenvalue weighted by atomic mass is 10.1. The molecule has 18 heavy (non-hydrogen) atoms. The number of nitrogens with zero attached hydrogens (tertiary/aromatic N) is 1. The Morgan fingerprint density at radius 3 is 3.06 bits per heavy atom. The van der Waals surface area contributed by atoms with Crippen molar-refractivity contribution >= 4 is 5.69 Å². The van der Waals surface area contributed by atoms with Gasteiger partial charge in [0.25, 0.3) is 0 Å². The van der Waals surface area contributed by atoms with Crippen LogP contribution in [-0.4, -0.2) is 4.98 Å². The van der Waals surface area contributed by atoms with Gasteiger partial charge in [-0.05, 0) is 42.7 Å². The molecule has 1 unspecified atom stereocenters. The lowest BCUT2D eigenvalue weighted by Gasteiger charge is -2.01. The Hall–Kier alpha value is -2.27. The number of rotatable bonds is 0. The van der Waals surface area contributed by atoms with Gasteiger partial charge >= 0.3 is 0 Å². The maximum Gasteiger partial charge on any atom is 0.0634 e. The molecule has 88 valence electrons. The number of hydrogen-bond donors (Lipinski definition) is 1. The molecule has 1 atom stereocenters. The summed E-state index contributed by atoms with van der Waals surface area (Å²) in [5.41, 5.74) is 9.95. The van der Waals surface area contributed by atoms with Crippen LogP contribution in [0.3, 0.4) is 0 Å². The second-order valence-corrected chi connectivity index (χ2v) is 4.53. The van der Waals surface area contributed by atoms with Crippen molar-refractivity contribution in [1.29, 1.82) is 0 Å². The van der Waals surface area contributed by atoms with E-state index in [9.17, 15) is 0 Å². The Kier molecular flexibility index (Phi) is 2.74. The molecule has 1 aliphatic rings. The van der Waals surface area contributed by atoms with Gasteiger partial charge in [0, 0.05) is 17.4 Å². The Balaban J connectivity index is 1.88. The van der Waals surface area contributed by atoms with Crippen molar-refractivity contribution in [2.24, 2.45) is 0 Å². The van der Waals surface area contributed by atoms with E-state index in [0.29, 0.717) is 0 Å². The molecule has 0 saturated heterocycles. The fourth-order valence-electron chi connectivity index (χ4n) is 2.34. The normalized spacial score (nSPS) is 16.8. The van der Waals surface area contributed by atoms with Crippen molar-refractivity contribution in [2.45, 2.75) is 18.8 Å². The van der Waals surface area contributed by atoms with E-state index in [-0.39, 0.29) is 5.92 Å². The molecule has 0 saturated carbocycles. The Morgan fingerprint density at radius 1 is 1.22 bits per heavy atom. The number of fused-ring (bicyclic) bond motifs is 1. The topological polar surface area (TPSA) is 38.9 Å². The summed E-state index contributed by atoms with van der Waals surface area (Å²) in [5, 5.41) is 0. The van der Waals surface area contributed by atoms with Crippen LogP contribution in [0.1, 0.15) is 29.2 Å². The largest absolute Gasteiger partial charge is 0.399 e. The number of aryl methyl sites for hydroxylation is 1. The summed E-state index contributed by atoms with van der Waals surface area (Å²) in [5.74, 6) is 6.78. The van der Waals surface area contributed by atoms with Crippen molar-refractivity contribution in [3.8, 4) is 11.8 Å². The average molecular weight is 234 g/mol. The van der Waals surface area contributed by atoms with Crippen LogP contribution in [0.2, 0.25) is 0 Å². The number of anilines is 1. The molecular weight excluding hydrogens is 220 g/mol. The first kappa shape index (κ1) is 10.9. The second-order valence-electron chi connectivity index (χ2n) is 4.53. The van der Waals surface area contributed by atoms with Crippen LogP contribution in [0.25, 0.3) is 0 Å². The summed E-state index contributed by atoms with van der Waals surface area (Å²) in [4.78, 5) is 4.44. The molecule has 0 amide bonds. The molecule has 2 nitrogen and oxygen atoms in total. The molecule has 2 heteroatoms. The quantitative estimate of drug-likeness (QED) is 0.562. The van der Waals surface area contributed by atoms with Crippen LogP contribution in [0.5, 0.6) is 0 Å². The molecule has 1 aromatic carbocycles. The van der Waals surface area contributed by atoms with E-state index in [0.717, 1.165) is 29.8 Å². The summed E-state index contributed by atoms with van der Waals surface area (Å²) in [6, 6.07) is 11.8. The molecule has 0 fully saturated rings. The number of pyridine rings is 1. The SMILES string of the molecule is Nc1cccc(C#CC2CCc3cccnc32)c1. The zero-order chi connectivity index (χ0) is 12.4. The number of nitrogens with two attached hydrogens (primary N) is 1. The van der Waals surface area contributed by atoms with E-state index in [1.165, 1.54) is 5.56 Å². The fourth-order valence-corrected chi connectivity index (χ4v) is 2.34. The van der Waals surface area contributed by atoms with Gasteiger partial charge in [-0.25, -0.2) is 0 Å². The maximum atomic E-state index is 5.74. The zero-order valence-corrected chi connectivity index (χ0v) is 10.1. The molecule has 0 aliphatic heterocycles. The third-order valence-electron chi connectivity index (χ3n) is 3.24. The van der Waals surface area contributed by atoms with Gasteiger partial charge < -0.3 is 5.73 Å². The van der Waals surface area contributed by atoms with Crippen LogP contribution in [-0.2, 0) is 6.42 Å². The van der Waals surface area contributed by atoms with Crippen LogP contribution in [0.4, 0.5) is 5.69 Å². The third-order valence-corrected chi connectivity index (χ3v) is 3.24. The molecule has 0 spiro atoms. The van der Waals surface area contributed by atoms with Gasteiger partial charge in [0.05, 0.1) is 11.6 Å². The minimum atomic E-state index is 0.266. The minimum absolute atomic E-state index is 0.266. The summed E-state index contributed by atoms with van der Waals surface area (Å²) in [7, 11) is 0. The highest BCUT2D eigenvalue weighted by Gasteiger charge is 2.21. The van der Waals surface area contributed by atoms with Gasteiger partial charge in [0.15, 0.2) is 0 Å². The van der Waals surface area contributed by atoms with E-state index in [4.69, 9.17) is 5.73 Å². The Labute approximate surface area is 107 Å². The minimum Gasteiger partial charge on any atom is -0.399 e. The van der Waals surface area contributed by atoms with Crippen LogP contribution in [0.15, 0.2) is 42.6 Å². The van der Waals surface area contributed by atoms with Gasteiger partial charge in [0.2, 0.25) is 0 Å². The van der Waals surface area contributed by atoms with Crippen molar-refractivity contribution in [3.63, 3.8) is 0 Å². The van der Waals surface area contributed by atoms with E-state index in [1.54, 1.807) is 0 Å². The molecule has 1 aliphatic carbocycles. The summed E-state index contributed by atoms with van der Waals surface area (Å²) >= 11 is 0. The van der Waals surface area contributed by atoms with Gasteiger partial charge in [-0.15, -0.1) is 0 Å². The summed E-state index contributed by atoms with van der Waals surface area (Å²) in [6.45, 7) is 0. The van der Waals surface area contributed by atoms with Crippen LogP contribution >= 0.6 is 0 Å². The Bertz CT molecular complexity index is 635. The Morgan fingerprint density at radius 2 is 2.17 bits per heavy atom. The molecule has 1 heterocycles. The van der Waals surface area contributed by atoms with Crippen molar-refractivity contribution in [2.75, 3.05) is 5.73 Å². The molecular formula is C16H14N2. The van der Waals surface area contributed by atoms with E-state index in [2.05, 4.69) is 22.9 Å². The van der Waals surface area contributed by atoms with Crippen molar-refractivity contribution in [1.82, 2.24) is 4.98 Å². The fraction of sp³-hybridized carbons (Fsp3) is 0.188. The molecule has 0 radical (unpaired) electrons. The van der Waals surface area contributed by atoms with E-state index in [1.807, 2.05) is 36.5 Å². The van der Waals surface area contributed by atoms with Crippen molar-refractivity contribution in [3.05, 3.63) is 59.4 Å². The molecule has 0 bridgehead atoms. The smallest absolute Gasteiger partial charge is 0.0634 e. The van der Waals surface area contributed by atoms with Crippen LogP contribution in [0, 0.1) is 11.8 Å². The highest BCUT2D eigenvalue weighted by atomic mass is 14.7. The van der Waals surface area contributed by atoms with Gasteiger partial charge in [-0.3, -0.25) is 4.98 Å².